The molecule has 23 heavy (non-hydrogen) atoms. The van der Waals surface area contributed by atoms with Gasteiger partial charge >= 0.3 is 5.63 Å². The average Bonchev–Trinajstić information content (AvgIpc) is 2.54. The monoisotopic (exact) mass is 368 g/mol. The highest BCUT2D eigenvalue weighted by molar-refractivity contribution is 9.10. The third kappa shape index (κ3) is 2.37. The van der Waals surface area contributed by atoms with Crippen molar-refractivity contribution in [1.82, 2.24) is 9.97 Å². The van der Waals surface area contributed by atoms with Crippen LogP contribution in [0.5, 0.6) is 0 Å². The minimum Gasteiger partial charge on any atom is -0.422 e. The number of benzene rings is 2. The SMILES string of the molecule is O=c1oc2ccc(Br)cc2cc1-c1nc2ccccc2c(=O)[nH]1. The van der Waals surface area contributed by atoms with Gasteiger partial charge in [-0.25, -0.2) is 9.78 Å². The first-order valence-electron chi connectivity index (χ1n) is 6.85. The van der Waals surface area contributed by atoms with Gasteiger partial charge in [0, 0.05) is 9.86 Å². The number of para-hydroxylation sites is 1. The summed E-state index contributed by atoms with van der Waals surface area (Å²) in [5, 5.41) is 1.22. The Morgan fingerprint density at radius 1 is 1.04 bits per heavy atom. The van der Waals surface area contributed by atoms with Crippen molar-refractivity contribution in [1.29, 1.82) is 0 Å². The maximum atomic E-state index is 12.2. The number of nitrogens with one attached hydrogen (secondary N) is 1. The van der Waals surface area contributed by atoms with Gasteiger partial charge in [-0.15, -0.1) is 0 Å². The number of aromatic amines is 1. The van der Waals surface area contributed by atoms with Crippen LogP contribution in [0.2, 0.25) is 0 Å². The van der Waals surface area contributed by atoms with E-state index in [0.29, 0.717) is 16.5 Å². The molecule has 0 saturated carbocycles. The van der Waals surface area contributed by atoms with Crippen molar-refractivity contribution in [3.05, 3.63) is 73.8 Å². The molecule has 0 aliphatic carbocycles. The van der Waals surface area contributed by atoms with Crippen LogP contribution in [0.1, 0.15) is 0 Å². The molecular formula is C17H9BrN2O3. The first-order valence-corrected chi connectivity index (χ1v) is 7.64. The van der Waals surface area contributed by atoms with Gasteiger partial charge < -0.3 is 9.40 Å². The minimum atomic E-state index is -0.543. The van der Waals surface area contributed by atoms with E-state index in [0.717, 1.165) is 9.86 Å². The van der Waals surface area contributed by atoms with Crippen LogP contribution in [0.15, 0.2) is 67.0 Å². The zero-order valence-corrected chi connectivity index (χ0v) is 13.3. The smallest absolute Gasteiger partial charge is 0.347 e. The lowest BCUT2D eigenvalue weighted by Crippen LogP contribution is -2.13. The van der Waals surface area contributed by atoms with E-state index in [1.807, 2.05) is 6.07 Å². The number of hydrogen-bond acceptors (Lipinski definition) is 4. The first kappa shape index (κ1) is 13.9. The van der Waals surface area contributed by atoms with Gasteiger partial charge in [-0.3, -0.25) is 4.79 Å². The zero-order valence-electron chi connectivity index (χ0n) is 11.7. The topological polar surface area (TPSA) is 76.0 Å². The van der Waals surface area contributed by atoms with Crippen LogP contribution >= 0.6 is 15.9 Å². The summed E-state index contributed by atoms with van der Waals surface area (Å²) in [6, 6.07) is 14.0. The molecule has 5 nitrogen and oxygen atoms in total. The molecule has 0 radical (unpaired) electrons. The van der Waals surface area contributed by atoms with Crippen LogP contribution in [0.25, 0.3) is 33.3 Å². The van der Waals surface area contributed by atoms with Crippen molar-refractivity contribution in [2.75, 3.05) is 0 Å². The fourth-order valence-corrected chi connectivity index (χ4v) is 2.85. The molecule has 1 N–H and O–H groups in total. The van der Waals surface area contributed by atoms with Crippen molar-refractivity contribution in [2.45, 2.75) is 0 Å². The molecule has 0 aliphatic rings. The molecular weight excluding hydrogens is 360 g/mol. The molecule has 4 aromatic rings. The molecule has 0 unspecified atom stereocenters. The van der Waals surface area contributed by atoms with Crippen molar-refractivity contribution in [3.8, 4) is 11.4 Å². The van der Waals surface area contributed by atoms with E-state index >= 15 is 0 Å². The molecule has 0 saturated heterocycles. The van der Waals surface area contributed by atoms with Crippen LogP contribution < -0.4 is 11.2 Å². The quantitative estimate of drug-likeness (QED) is 0.522. The fourth-order valence-electron chi connectivity index (χ4n) is 2.47. The largest absolute Gasteiger partial charge is 0.422 e. The van der Waals surface area contributed by atoms with E-state index in [2.05, 4.69) is 25.9 Å². The summed E-state index contributed by atoms with van der Waals surface area (Å²) in [6.45, 7) is 0. The summed E-state index contributed by atoms with van der Waals surface area (Å²) < 4.78 is 6.18. The maximum Gasteiger partial charge on any atom is 0.347 e. The fraction of sp³-hybridized carbons (Fsp3) is 0. The lowest BCUT2D eigenvalue weighted by molar-refractivity contribution is 0.562. The van der Waals surface area contributed by atoms with E-state index in [9.17, 15) is 9.59 Å². The van der Waals surface area contributed by atoms with Crippen LogP contribution in [-0.2, 0) is 0 Å². The second-order valence-corrected chi connectivity index (χ2v) is 5.98. The van der Waals surface area contributed by atoms with Gasteiger partial charge in [-0.1, -0.05) is 28.1 Å². The molecule has 2 aromatic carbocycles. The maximum absolute atomic E-state index is 12.2. The second kappa shape index (κ2) is 5.17. The van der Waals surface area contributed by atoms with E-state index in [-0.39, 0.29) is 16.9 Å². The predicted molar refractivity (Wildman–Crippen MR) is 91.5 cm³/mol. The lowest BCUT2D eigenvalue weighted by atomic mass is 10.1. The molecule has 0 spiro atoms. The molecule has 0 amide bonds. The first-order chi connectivity index (χ1) is 11.1. The summed E-state index contributed by atoms with van der Waals surface area (Å²) in [6.07, 6.45) is 0. The van der Waals surface area contributed by atoms with Gasteiger partial charge in [0.25, 0.3) is 5.56 Å². The Morgan fingerprint density at radius 2 is 1.87 bits per heavy atom. The Labute approximate surface area is 137 Å². The highest BCUT2D eigenvalue weighted by Crippen LogP contribution is 2.22. The Kier molecular flexibility index (Phi) is 3.12. The Bertz CT molecular complexity index is 1180. The van der Waals surface area contributed by atoms with Crippen molar-refractivity contribution in [2.24, 2.45) is 0 Å². The highest BCUT2D eigenvalue weighted by Gasteiger charge is 2.12. The number of rotatable bonds is 1. The van der Waals surface area contributed by atoms with Gasteiger partial charge in [0.05, 0.1) is 10.9 Å². The van der Waals surface area contributed by atoms with E-state index < -0.39 is 5.63 Å². The van der Waals surface area contributed by atoms with Crippen molar-refractivity contribution in [3.63, 3.8) is 0 Å². The summed E-state index contributed by atoms with van der Waals surface area (Å²) in [4.78, 5) is 31.4. The molecule has 4 rings (SSSR count). The van der Waals surface area contributed by atoms with Gasteiger partial charge in [0.1, 0.15) is 17.0 Å². The summed E-state index contributed by atoms with van der Waals surface area (Å²) in [5.41, 5.74) is 0.390. The van der Waals surface area contributed by atoms with Crippen LogP contribution in [0.4, 0.5) is 0 Å². The van der Waals surface area contributed by atoms with Crippen LogP contribution in [0, 0.1) is 0 Å². The highest BCUT2D eigenvalue weighted by atomic mass is 79.9. The van der Waals surface area contributed by atoms with Crippen molar-refractivity contribution < 1.29 is 4.42 Å². The number of halogens is 1. The molecule has 2 heterocycles. The summed E-state index contributed by atoms with van der Waals surface area (Å²) in [5.74, 6) is 0.198. The Morgan fingerprint density at radius 3 is 2.74 bits per heavy atom. The Hall–Kier alpha value is -2.73. The molecule has 0 bridgehead atoms. The van der Waals surface area contributed by atoms with Crippen molar-refractivity contribution >= 4 is 37.8 Å². The predicted octanol–water partition coefficient (Wildman–Crippen LogP) is 3.46. The van der Waals surface area contributed by atoms with E-state index in [1.54, 1.807) is 42.5 Å². The van der Waals surface area contributed by atoms with Gasteiger partial charge in [-0.2, -0.15) is 0 Å². The van der Waals surface area contributed by atoms with Gasteiger partial charge in [0.15, 0.2) is 0 Å². The summed E-state index contributed by atoms with van der Waals surface area (Å²) in [7, 11) is 0. The van der Waals surface area contributed by atoms with E-state index in [4.69, 9.17) is 4.42 Å². The van der Waals surface area contributed by atoms with Gasteiger partial charge in [-0.05, 0) is 36.4 Å². The van der Waals surface area contributed by atoms with Crippen LogP contribution in [0.3, 0.4) is 0 Å². The minimum absolute atomic E-state index is 0.198. The van der Waals surface area contributed by atoms with Gasteiger partial charge in [0.2, 0.25) is 0 Å². The molecule has 2 aromatic heterocycles. The normalized spacial score (nSPS) is 11.2. The second-order valence-electron chi connectivity index (χ2n) is 5.06. The summed E-state index contributed by atoms with van der Waals surface area (Å²) >= 11 is 3.38. The lowest BCUT2D eigenvalue weighted by Gasteiger charge is -2.04. The Balaban J connectivity index is 2.04. The number of aromatic nitrogens is 2. The number of fused-ring (bicyclic) bond motifs is 2. The van der Waals surface area contributed by atoms with Crippen LogP contribution in [-0.4, -0.2) is 9.97 Å². The molecule has 112 valence electrons. The number of H-pyrrole nitrogens is 1. The van der Waals surface area contributed by atoms with E-state index in [1.165, 1.54) is 0 Å². The number of hydrogen-bond donors (Lipinski definition) is 1. The zero-order chi connectivity index (χ0) is 16.0. The number of nitrogens with zero attached hydrogens (tertiary/aromatic N) is 1. The third-order valence-electron chi connectivity index (χ3n) is 3.56. The molecule has 0 aliphatic heterocycles. The molecule has 6 heteroatoms. The average molecular weight is 369 g/mol. The third-order valence-corrected chi connectivity index (χ3v) is 4.06. The standard InChI is InChI=1S/C17H9BrN2O3/c18-10-5-6-14-9(7-10)8-12(17(22)23-14)15-19-13-4-2-1-3-11(13)16(21)20-15/h1-8H,(H,19,20,21). The molecule has 0 fully saturated rings. The molecule has 0 atom stereocenters.